The SMILES string of the molecule is Cc1cccc(-n2nc(-c3ccccc3)c3c2N(CC(=O)N2CCOCC2)C(=O)CS[C@H]3c2cccs2)c1. The molecule has 194 valence electrons. The molecule has 6 rings (SSSR count). The van der Waals surface area contributed by atoms with Crippen molar-refractivity contribution in [2.24, 2.45) is 0 Å². The van der Waals surface area contributed by atoms with Gasteiger partial charge in [0.1, 0.15) is 12.4 Å². The summed E-state index contributed by atoms with van der Waals surface area (Å²) in [5.74, 6) is 0.774. The van der Waals surface area contributed by atoms with E-state index in [1.165, 1.54) is 0 Å². The topological polar surface area (TPSA) is 67.7 Å². The van der Waals surface area contributed by atoms with Crippen molar-refractivity contribution in [3.8, 4) is 16.9 Å². The third-order valence-electron chi connectivity index (χ3n) is 6.84. The Morgan fingerprint density at radius 3 is 2.61 bits per heavy atom. The van der Waals surface area contributed by atoms with Gasteiger partial charge in [0.25, 0.3) is 0 Å². The summed E-state index contributed by atoms with van der Waals surface area (Å²) >= 11 is 3.28. The highest BCUT2D eigenvalue weighted by atomic mass is 32.2. The Balaban J connectivity index is 1.57. The highest BCUT2D eigenvalue weighted by Crippen LogP contribution is 2.49. The van der Waals surface area contributed by atoms with Gasteiger partial charge in [0.2, 0.25) is 11.8 Å². The number of aryl methyl sites for hydroxylation is 1. The van der Waals surface area contributed by atoms with Crippen LogP contribution in [0, 0.1) is 6.92 Å². The minimum atomic E-state index is -0.0923. The fourth-order valence-electron chi connectivity index (χ4n) is 4.98. The largest absolute Gasteiger partial charge is 0.378 e. The van der Waals surface area contributed by atoms with Crippen molar-refractivity contribution in [2.45, 2.75) is 12.2 Å². The van der Waals surface area contributed by atoms with Crippen LogP contribution >= 0.6 is 23.1 Å². The molecule has 0 unspecified atom stereocenters. The Kier molecular flexibility index (Phi) is 7.06. The molecule has 1 fully saturated rings. The molecule has 4 heterocycles. The van der Waals surface area contributed by atoms with E-state index in [1.54, 1.807) is 32.9 Å². The average molecular weight is 545 g/mol. The monoisotopic (exact) mass is 544 g/mol. The number of carbonyl (C=O) groups excluding carboxylic acids is 2. The molecule has 1 saturated heterocycles. The fourth-order valence-corrected chi connectivity index (χ4v) is 7.16. The summed E-state index contributed by atoms with van der Waals surface area (Å²) in [5.41, 5.74) is 4.72. The number of thiophene rings is 1. The van der Waals surface area contributed by atoms with Crippen LogP contribution in [0.25, 0.3) is 16.9 Å². The lowest BCUT2D eigenvalue weighted by Crippen LogP contribution is -2.48. The first-order valence-electron chi connectivity index (χ1n) is 12.7. The number of ether oxygens (including phenoxy) is 1. The molecule has 2 aromatic heterocycles. The number of thioether (sulfide) groups is 1. The summed E-state index contributed by atoms with van der Waals surface area (Å²) in [6, 6.07) is 22.3. The van der Waals surface area contributed by atoms with E-state index >= 15 is 0 Å². The van der Waals surface area contributed by atoms with Crippen LogP contribution in [-0.4, -0.2) is 65.1 Å². The standard InChI is InChI=1S/C29H28N4O3S2/c1-20-7-5-10-22(17-20)33-29-26(27(30-33)21-8-3-2-4-9-21)28(23-11-6-16-37-23)38-19-25(35)32(29)18-24(34)31-12-14-36-15-13-31/h2-11,16-17,28H,12-15,18-19H2,1H3/t28-/m0/s1. The molecule has 38 heavy (non-hydrogen) atoms. The summed E-state index contributed by atoms with van der Waals surface area (Å²) in [6.07, 6.45) is 0. The Bertz CT molecular complexity index is 1450. The average Bonchev–Trinajstić information content (AvgIpc) is 3.59. The van der Waals surface area contributed by atoms with E-state index in [4.69, 9.17) is 9.84 Å². The predicted molar refractivity (Wildman–Crippen MR) is 152 cm³/mol. The molecule has 0 aliphatic carbocycles. The van der Waals surface area contributed by atoms with Gasteiger partial charge in [-0.25, -0.2) is 4.68 Å². The summed E-state index contributed by atoms with van der Waals surface area (Å²) in [6.45, 7) is 4.11. The molecule has 0 bridgehead atoms. The van der Waals surface area contributed by atoms with Gasteiger partial charge in [-0.2, -0.15) is 5.10 Å². The Labute approximate surface area is 230 Å². The number of amides is 2. The second kappa shape index (κ2) is 10.8. The smallest absolute Gasteiger partial charge is 0.242 e. The Hall–Kier alpha value is -3.40. The van der Waals surface area contributed by atoms with Crippen molar-refractivity contribution >= 4 is 40.7 Å². The zero-order valence-corrected chi connectivity index (χ0v) is 22.7. The molecule has 1 atom stereocenters. The fraction of sp³-hybridized carbons (Fsp3) is 0.276. The molecule has 2 aliphatic heterocycles. The first-order chi connectivity index (χ1) is 18.6. The van der Waals surface area contributed by atoms with Crippen LogP contribution in [0.2, 0.25) is 0 Å². The van der Waals surface area contributed by atoms with Crippen molar-refractivity contribution in [2.75, 3.05) is 43.5 Å². The molecule has 0 radical (unpaired) electrons. The number of fused-ring (bicyclic) bond motifs is 1. The van der Waals surface area contributed by atoms with Gasteiger partial charge in [-0.1, -0.05) is 48.5 Å². The molecule has 9 heteroatoms. The Morgan fingerprint density at radius 1 is 1.05 bits per heavy atom. The number of benzene rings is 2. The molecule has 7 nitrogen and oxygen atoms in total. The highest BCUT2D eigenvalue weighted by Gasteiger charge is 2.38. The zero-order chi connectivity index (χ0) is 26.1. The number of morpholine rings is 1. The van der Waals surface area contributed by atoms with Gasteiger partial charge >= 0.3 is 0 Å². The summed E-state index contributed by atoms with van der Waals surface area (Å²) < 4.78 is 7.31. The van der Waals surface area contributed by atoms with Crippen LogP contribution in [0.1, 0.15) is 21.3 Å². The molecular weight excluding hydrogens is 516 g/mol. The Morgan fingerprint density at radius 2 is 1.87 bits per heavy atom. The summed E-state index contributed by atoms with van der Waals surface area (Å²) in [4.78, 5) is 31.9. The number of carbonyl (C=O) groups is 2. The van der Waals surface area contributed by atoms with Crippen LogP contribution < -0.4 is 4.90 Å². The molecule has 2 amide bonds. The van der Waals surface area contributed by atoms with Crippen molar-refractivity contribution in [3.63, 3.8) is 0 Å². The second-order valence-corrected chi connectivity index (χ2v) is 11.5. The number of nitrogens with zero attached hydrogens (tertiary/aromatic N) is 4. The van der Waals surface area contributed by atoms with Crippen LogP contribution in [0.5, 0.6) is 0 Å². The van der Waals surface area contributed by atoms with E-state index in [1.807, 2.05) is 54.1 Å². The highest BCUT2D eigenvalue weighted by molar-refractivity contribution is 8.00. The maximum absolute atomic E-state index is 13.8. The summed E-state index contributed by atoms with van der Waals surface area (Å²) in [7, 11) is 0. The second-order valence-electron chi connectivity index (χ2n) is 9.38. The minimum absolute atomic E-state index is 0.0324. The molecular formula is C29H28N4O3S2. The molecule has 2 aliphatic rings. The molecule has 0 N–H and O–H groups in total. The number of anilines is 1. The van der Waals surface area contributed by atoms with Gasteiger partial charge in [-0.15, -0.1) is 23.1 Å². The first kappa shape index (κ1) is 24.9. The lowest BCUT2D eigenvalue weighted by atomic mass is 10.0. The maximum atomic E-state index is 13.8. The predicted octanol–water partition coefficient (Wildman–Crippen LogP) is 4.94. The number of hydrogen-bond acceptors (Lipinski definition) is 6. The van der Waals surface area contributed by atoms with E-state index in [0.29, 0.717) is 32.1 Å². The van der Waals surface area contributed by atoms with Gasteiger partial charge in [0, 0.05) is 29.1 Å². The van der Waals surface area contributed by atoms with Crippen LogP contribution in [0.3, 0.4) is 0 Å². The third-order valence-corrected chi connectivity index (χ3v) is 9.16. The molecule has 0 saturated carbocycles. The van der Waals surface area contributed by atoms with E-state index < -0.39 is 0 Å². The van der Waals surface area contributed by atoms with Crippen molar-refractivity contribution < 1.29 is 14.3 Å². The molecule has 4 aromatic rings. The van der Waals surface area contributed by atoms with Gasteiger partial charge in [0.05, 0.1) is 35.6 Å². The lowest BCUT2D eigenvalue weighted by molar-refractivity contribution is -0.134. The van der Waals surface area contributed by atoms with E-state index in [9.17, 15) is 9.59 Å². The van der Waals surface area contributed by atoms with Crippen LogP contribution in [0.4, 0.5) is 5.82 Å². The van der Waals surface area contributed by atoms with E-state index in [0.717, 1.165) is 32.9 Å². The van der Waals surface area contributed by atoms with Crippen LogP contribution in [-0.2, 0) is 14.3 Å². The number of aromatic nitrogens is 2. The van der Waals surface area contributed by atoms with Gasteiger partial charge in [0.15, 0.2) is 0 Å². The van der Waals surface area contributed by atoms with E-state index in [-0.39, 0.29) is 29.4 Å². The summed E-state index contributed by atoms with van der Waals surface area (Å²) in [5, 5.41) is 7.12. The van der Waals surface area contributed by atoms with Crippen molar-refractivity contribution in [3.05, 3.63) is 88.1 Å². The normalized spacial score (nSPS) is 17.8. The third kappa shape index (κ3) is 4.77. The minimum Gasteiger partial charge on any atom is -0.378 e. The van der Waals surface area contributed by atoms with Crippen molar-refractivity contribution in [1.29, 1.82) is 0 Å². The van der Waals surface area contributed by atoms with Crippen molar-refractivity contribution in [1.82, 2.24) is 14.7 Å². The maximum Gasteiger partial charge on any atom is 0.242 e. The molecule has 2 aromatic carbocycles. The van der Waals surface area contributed by atoms with Gasteiger partial charge < -0.3 is 9.64 Å². The number of hydrogen-bond donors (Lipinski definition) is 0. The van der Waals surface area contributed by atoms with E-state index in [2.05, 4.69) is 29.6 Å². The number of rotatable bonds is 5. The first-order valence-corrected chi connectivity index (χ1v) is 14.6. The van der Waals surface area contributed by atoms with Crippen LogP contribution in [0.15, 0.2) is 72.1 Å². The van der Waals surface area contributed by atoms with Gasteiger partial charge in [-0.3, -0.25) is 14.5 Å². The molecule has 0 spiro atoms. The zero-order valence-electron chi connectivity index (χ0n) is 21.1. The lowest BCUT2D eigenvalue weighted by Gasteiger charge is -2.30. The van der Waals surface area contributed by atoms with Gasteiger partial charge in [-0.05, 0) is 36.1 Å². The quantitative estimate of drug-likeness (QED) is 0.356.